The van der Waals surface area contributed by atoms with E-state index in [9.17, 15) is 14.7 Å². The number of phenolic OH excluding ortho intramolecular Hbond substituents is 1. The normalized spacial score (nSPS) is 16.3. The van der Waals surface area contributed by atoms with Crippen molar-refractivity contribution in [3.63, 3.8) is 0 Å². The molecule has 0 aromatic heterocycles. The average molecular weight is 369 g/mol. The number of carbonyl (C=O) groups excluding carboxylic acids is 2. The van der Waals surface area contributed by atoms with E-state index in [1.165, 1.54) is 24.3 Å². The van der Waals surface area contributed by atoms with E-state index in [1.807, 2.05) is 0 Å². The molecule has 4 rings (SSSR count). The van der Waals surface area contributed by atoms with Gasteiger partial charge in [0.05, 0.1) is 5.56 Å². The topological polar surface area (TPSA) is 94.1 Å². The van der Waals surface area contributed by atoms with E-state index in [2.05, 4.69) is 5.32 Å². The molecule has 0 unspecified atom stereocenters. The van der Waals surface area contributed by atoms with Gasteiger partial charge in [-0.3, -0.25) is 4.79 Å². The van der Waals surface area contributed by atoms with Gasteiger partial charge in [0.15, 0.2) is 18.1 Å². The van der Waals surface area contributed by atoms with Gasteiger partial charge in [0.1, 0.15) is 5.75 Å². The van der Waals surface area contributed by atoms with Crippen molar-refractivity contribution >= 4 is 17.6 Å². The van der Waals surface area contributed by atoms with Crippen LogP contribution in [-0.4, -0.2) is 29.4 Å². The zero-order valence-electron chi connectivity index (χ0n) is 14.6. The lowest BCUT2D eigenvalue weighted by Gasteiger charge is -2.21. The van der Waals surface area contributed by atoms with Gasteiger partial charge in [-0.05, 0) is 43.2 Å². The van der Waals surface area contributed by atoms with Crippen molar-refractivity contribution in [1.82, 2.24) is 0 Å². The SMILES string of the molecule is O=C(COC(=O)c1cccc(O)c1)Nc1ccc2c(c1)OC1(CCCC1)O2. The van der Waals surface area contributed by atoms with Crippen LogP contribution >= 0.6 is 0 Å². The molecule has 1 heterocycles. The van der Waals surface area contributed by atoms with Crippen LogP contribution in [0.1, 0.15) is 36.0 Å². The first kappa shape index (κ1) is 17.2. The predicted octanol–water partition coefficient (Wildman–Crippen LogP) is 3.23. The largest absolute Gasteiger partial charge is 0.508 e. The Bertz CT molecular complexity index is 888. The smallest absolute Gasteiger partial charge is 0.338 e. The van der Waals surface area contributed by atoms with Crippen LogP contribution in [0.4, 0.5) is 5.69 Å². The number of aromatic hydroxyl groups is 1. The van der Waals surface area contributed by atoms with Gasteiger partial charge in [0.25, 0.3) is 11.7 Å². The Morgan fingerprint density at radius 1 is 1.07 bits per heavy atom. The molecule has 0 bridgehead atoms. The Morgan fingerprint density at radius 3 is 2.63 bits per heavy atom. The third-order valence-electron chi connectivity index (χ3n) is 4.60. The summed E-state index contributed by atoms with van der Waals surface area (Å²) in [5, 5.41) is 12.0. The molecule has 7 heteroatoms. The highest BCUT2D eigenvalue weighted by atomic mass is 16.7. The zero-order chi connectivity index (χ0) is 18.9. The van der Waals surface area contributed by atoms with Crippen molar-refractivity contribution in [2.24, 2.45) is 0 Å². The third-order valence-corrected chi connectivity index (χ3v) is 4.60. The maximum Gasteiger partial charge on any atom is 0.338 e. The van der Waals surface area contributed by atoms with Crippen LogP contribution in [-0.2, 0) is 9.53 Å². The predicted molar refractivity (Wildman–Crippen MR) is 95.9 cm³/mol. The second-order valence-corrected chi connectivity index (χ2v) is 6.66. The number of anilines is 1. The van der Waals surface area contributed by atoms with Gasteiger partial charge in [-0.1, -0.05) is 6.07 Å². The summed E-state index contributed by atoms with van der Waals surface area (Å²) < 4.78 is 16.9. The number of phenols is 1. The second kappa shape index (κ2) is 6.83. The van der Waals surface area contributed by atoms with Crippen LogP contribution in [0.15, 0.2) is 42.5 Å². The number of carbonyl (C=O) groups is 2. The molecule has 0 radical (unpaired) electrons. The number of ether oxygens (including phenoxy) is 3. The fraction of sp³-hybridized carbons (Fsp3) is 0.300. The first-order valence-corrected chi connectivity index (χ1v) is 8.81. The summed E-state index contributed by atoms with van der Waals surface area (Å²) in [6, 6.07) is 10.9. The van der Waals surface area contributed by atoms with Gasteiger partial charge >= 0.3 is 5.97 Å². The van der Waals surface area contributed by atoms with Crippen molar-refractivity contribution in [2.75, 3.05) is 11.9 Å². The van der Waals surface area contributed by atoms with E-state index in [4.69, 9.17) is 14.2 Å². The maximum atomic E-state index is 12.1. The Balaban J connectivity index is 1.33. The molecule has 1 fully saturated rings. The van der Waals surface area contributed by atoms with Crippen molar-refractivity contribution in [1.29, 1.82) is 0 Å². The molecule has 0 atom stereocenters. The maximum absolute atomic E-state index is 12.1. The van der Waals surface area contributed by atoms with Crippen LogP contribution < -0.4 is 14.8 Å². The Hall–Kier alpha value is -3.22. The highest BCUT2D eigenvalue weighted by Crippen LogP contribution is 2.47. The molecule has 1 amide bonds. The monoisotopic (exact) mass is 369 g/mol. The summed E-state index contributed by atoms with van der Waals surface area (Å²) in [5.74, 6) is -0.485. The lowest BCUT2D eigenvalue weighted by molar-refractivity contribution is -0.119. The number of rotatable bonds is 4. The molecule has 2 N–H and O–H groups in total. The number of fused-ring (bicyclic) bond motifs is 1. The van der Waals surface area contributed by atoms with Crippen molar-refractivity contribution in [3.8, 4) is 17.2 Å². The summed E-state index contributed by atoms with van der Waals surface area (Å²) in [6.45, 7) is -0.438. The van der Waals surface area contributed by atoms with Crippen LogP contribution in [0, 0.1) is 0 Å². The molecule has 0 saturated heterocycles. The molecule has 140 valence electrons. The van der Waals surface area contributed by atoms with Crippen molar-refractivity contribution in [2.45, 2.75) is 31.5 Å². The van der Waals surface area contributed by atoms with Gasteiger partial charge in [-0.25, -0.2) is 4.79 Å². The second-order valence-electron chi connectivity index (χ2n) is 6.66. The van der Waals surface area contributed by atoms with E-state index in [-0.39, 0.29) is 11.3 Å². The number of esters is 1. The van der Waals surface area contributed by atoms with Gasteiger partial charge in [0, 0.05) is 24.6 Å². The van der Waals surface area contributed by atoms with E-state index in [1.54, 1.807) is 18.2 Å². The zero-order valence-corrected chi connectivity index (χ0v) is 14.6. The van der Waals surface area contributed by atoms with Crippen molar-refractivity contribution < 1.29 is 28.9 Å². The van der Waals surface area contributed by atoms with Crippen LogP contribution in [0.5, 0.6) is 17.2 Å². The fourth-order valence-electron chi connectivity index (χ4n) is 3.33. The van der Waals surface area contributed by atoms with E-state index in [0.29, 0.717) is 17.2 Å². The number of amides is 1. The van der Waals surface area contributed by atoms with Crippen molar-refractivity contribution in [3.05, 3.63) is 48.0 Å². The summed E-state index contributed by atoms with van der Waals surface area (Å²) in [4.78, 5) is 24.0. The van der Waals surface area contributed by atoms with Crippen LogP contribution in [0.25, 0.3) is 0 Å². The molecular formula is C20H19NO6. The lowest BCUT2D eigenvalue weighted by Crippen LogP contribution is -2.34. The van der Waals surface area contributed by atoms with E-state index < -0.39 is 24.3 Å². The molecule has 1 aliphatic carbocycles. The highest BCUT2D eigenvalue weighted by Gasteiger charge is 2.44. The Kier molecular flexibility index (Phi) is 4.35. The molecular weight excluding hydrogens is 350 g/mol. The van der Waals surface area contributed by atoms with E-state index in [0.717, 1.165) is 25.7 Å². The number of benzene rings is 2. The minimum absolute atomic E-state index is 0.0469. The van der Waals surface area contributed by atoms with Crippen LogP contribution in [0.3, 0.4) is 0 Å². The molecule has 2 aromatic rings. The Morgan fingerprint density at radius 2 is 1.85 bits per heavy atom. The molecule has 2 aromatic carbocycles. The van der Waals surface area contributed by atoms with Gasteiger partial charge in [-0.2, -0.15) is 0 Å². The fourth-order valence-corrected chi connectivity index (χ4v) is 3.33. The quantitative estimate of drug-likeness (QED) is 0.804. The summed E-state index contributed by atoms with van der Waals surface area (Å²) in [6.07, 6.45) is 3.85. The number of nitrogens with one attached hydrogen (secondary N) is 1. The molecule has 7 nitrogen and oxygen atoms in total. The average Bonchev–Trinajstić information content (AvgIpc) is 3.25. The molecule has 1 saturated carbocycles. The Labute approximate surface area is 155 Å². The molecule has 2 aliphatic rings. The first-order valence-electron chi connectivity index (χ1n) is 8.81. The standard InChI is InChI=1S/C20H19NO6/c22-15-5-3-4-13(10-15)19(24)25-12-18(23)21-14-6-7-16-17(11-14)27-20(26-16)8-1-2-9-20/h3-7,10-11,22H,1-2,8-9,12H2,(H,21,23). The van der Waals surface area contributed by atoms with Crippen LogP contribution in [0.2, 0.25) is 0 Å². The molecule has 27 heavy (non-hydrogen) atoms. The van der Waals surface area contributed by atoms with Gasteiger partial charge in [-0.15, -0.1) is 0 Å². The molecule has 1 spiro atoms. The number of hydrogen-bond acceptors (Lipinski definition) is 6. The van der Waals surface area contributed by atoms with Gasteiger partial charge < -0.3 is 24.6 Å². The van der Waals surface area contributed by atoms with E-state index >= 15 is 0 Å². The summed E-state index contributed by atoms with van der Waals surface area (Å²) in [5.41, 5.74) is 0.707. The minimum atomic E-state index is -0.685. The molecule has 1 aliphatic heterocycles. The highest BCUT2D eigenvalue weighted by molar-refractivity contribution is 5.95. The third kappa shape index (κ3) is 3.67. The van der Waals surface area contributed by atoms with Gasteiger partial charge in [0.2, 0.25) is 0 Å². The lowest BCUT2D eigenvalue weighted by atomic mass is 10.2. The summed E-state index contributed by atoms with van der Waals surface area (Å²) in [7, 11) is 0. The first-order chi connectivity index (χ1) is 13.0. The summed E-state index contributed by atoms with van der Waals surface area (Å²) >= 11 is 0. The minimum Gasteiger partial charge on any atom is -0.508 e. The number of hydrogen-bond donors (Lipinski definition) is 2.